The van der Waals surface area contributed by atoms with Crippen LogP contribution in [0.2, 0.25) is 5.15 Å². The lowest BCUT2D eigenvalue weighted by Crippen LogP contribution is -2.42. The number of aliphatic hydroxyl groups is 1. The highest BCUT2D eigenvalue weighted by molar-refractivity contribution is 6.32. The monoisotopic (exact) mass is 485 g/mol. The van der Waals surface area contributed by atoms with Crippen LogP contribution in [0.3, 0.4) is 0 Å². The molecule has 2 unspecified atom stereocenters. The molecular weight excluding hydrogens is 454 g/mol. The average molecular weight is 486 g/mol. The largest absolute Gasteiger partial charge is 0.478 e. The molecule has 8 heteroatoms. The minimum atomic E-state index is -1.08. The molecule has 34 heavy (non-hydrogen) atoms. The Morgan fingerprint density at radius 1 is 1.21 bits per heavy atom. The van der Waals surface area contributed by atoms with E-state index >= 15 is 0 Å². The Bertz CT molecular complexity index is 1020. The third-order valence-electron chi connectivity index (χ3n) is 7.19. The highest BCUT2D eigenvalue weighted by Crippen LogP contribution is 2.61. The number of aromatic nitrogens is 1. The molecule has 0 bridgehead atoms. The number of hydrogen-bond acceptors (Lipinski definition) is 5. The van der Waals surface area contributed by atoms with E-state index in [1.54, 1.807) is 38.4 Å². The number of piperidine rings is 1. The van der Waals surface area contributed by atoms with E-state index in [1.807, 2.05) is 23.1 Å². The number of amides is 2. The van der Waals surface area contributed by atoms with Gasteiger partial charge < -0.3 is 19.6 Å². The second-order valence-corrected chi connectivity index (χ2v) is 9.94. The van der Waals surface area contributed by atoms with Crippen molar-refractivity contribution in [2.24, 2.45) is 11.3 Å². The van der Waals surface area contributed by atoms with Crippen molar-refractivity contribution in [1.29, 1.82) is 0 Å². The van der Waals surface area contributed by atoms with E-state index in [0.29, 0.717) is 48.0 Å². The molecule has 2 atom stereocenters. The fraction of sp³-hybridized carbons (Fsp3) is 0.500. The second kappa shape index (κ2) is 10.3. The predicted molar refractivity (Wildman–Crippen MR) is 130 cm³/mol. The van der Waals surface area contributed by atoms with E-state index in [9.17, 15) is 14.7 Å². The molecular formula is C26H32ClN3O4. The van der Waals surface area contributed by atoms with Crippen LogP contribution in [0, 0.1) is 11.3 Å². The zero-order valence-electron chi connectivity index (χ0n) is 19.7. The van der Waals surface area contributed by atoms with Gasteiger partial charge in [-0.25, -0.2) is 4.98 Å². The first-order chi connectivity index (χ1) is 16.3. The van der Waals surface area contributed by atoms with Crippen LogP contribution >= 0.6 is 11.6 Å². The quantitative estimate of drug-likeness (QED) is 0.452. The summed E-state index contributed by atoms with van der Waals surface area (Å²) in [6.07, 6.45) is 4.08. The number of aliphatic hydroxyl groups excluding tert-OH is 1. The van der Waals surface area contributed by atoms with E-state index in [1.165, 1.54) is 11.3 Å². The number of pyridine rings is 1. The molecule has 1 aliphatic heterocycles. The van der Waals surface area contributed by atoms with Gasteiger partial charge in [-0.3, -0.25) is 9.59 Å². The summed E-state index contributed by atoms with van der Waals surface area (Å²) in [5, 5.41) is 10.6. The third-order valence-corrected chi connectivity index (χ3v) is 7.47. The van der Waals surface area contributed by atoms with Gasteiger partial charge in [-0.1, -0.05) is 41.9 Å². The van der Waals surface area contributed by atoms with Gasteiger partial charge >= 0.3 is 0 Å². The van der Waals surface area contributed by atoms with Crippen LogP contribution in [-0.4, -0.2) is 65.5 Å². The van der Waals surface area contributed by atoms with Crippen LogP contribution in [-0.2, 0) is 4.79 Å². The highest BCUT2D eigenvalue weighted by atomic mass is 35.5. The summed E-state index contributed by atoms with van der Waals surface area (Å²) >= 11 is 6.15. The standard InChI is InChI=1S/C26H32ClN3O4/c1-29(2)24(32)20-10-11-21(28-23(20)27)34-16-6-9-19-17-26(19)12-14-30(15-13-26)25(33)22(31)18-7-4-3-5-8-18/h3-5,7-8,10-11,19,22,31H,6,9,12-17H2,1-2H3. The van der Waals surface area contributed by atoms with Crippen molar-refractivity contribution in [1.82, 2.24) is 14.8 Å². The first-order valence-electron chi connectivity index (χ1n) is 11.8. The van der Waals surface area contributed by atoms with E-state index in [0.717, 1.165) is 25.7 Å². The Labute approximate surface area is 205 Å². The molecule has 1 aliphatic carbocycles. The molecule has 2 aromatic rings. The van der Waals surface area contributed by atoms with Gasteiger partial charge in [0.2, 0.25) is 5.88 Å². The topological polar surface area (TPSA) is 83.0 Å². The van der Waals surface area contributed by atoms with E-state index in [-0.39, 0.29) is 17.0 Å². The fourth-order valence-corrected chi connectivity index (χ4v) is 5.21. The summed E-state index contributed by atoms with van der Waals surface area (Å²) in [6.45, 7) is 1.96. The molecule has 1 spiro atoms. The molecule has 0 radical (unpaired) electrons. The molecule has 1 saturated heterocycles. The van der Waals surface area contributed by atoms with Crippen molar-refractivity contribution in [3.05, 3.63) is 58.7 Å². The Morgan fingerprint density at radius 2 is 1.91 bits per heavy atom. The lowest BCUT2D eigenvalue weighted by molar-refractivity contribution is -0.142. The van der Waals surface area contributed by atoms with E-state index in [4.69, 9.17) is 16.3 Å². The molecule has 2 fully saturated rings. The number of carbonyl (C=O) groups excluding carboxylic acids is 2. The Hall–Kier alpha value is -2.64. The van der Waals surface area contributed by atoms with Crippen molar-refractivity contribution in [2.75, 3.05) is 33.8 Å². The van der Waals surface area contributed by atoms with Crippen LogP contribution in [0.5, 0.6) is 5.88 Å². The number of benzene rings is 1. The molecule has 1 aromatic heterocycles. The van der Waals surface area contributed by atoms with Crippen molar-refractivity contribution in [2.45, 2.75) is 38.2 Å². The van der Waals surface area contributed by atoms with Gasteiger partial charge in [0.05, 0.1) is 12.2 Å². The van der Waals surface area contributed by atoms with Crippen LogP contribution in [0.25, 0.3) is 0 Å². The summed E-state index contributed by atoms with van der Waals surface area (Å²) in [4.78, 5) is 32.2. The number of halogens is 1. The second-order valence-electron chi connectivity index (χ2n) is 9.58. The fourth-order valence-electron chi connectivity index (χ4n) is 4.98. The van der Waals surface area contributed by atoms with Crippen molar-refractivity contribution >= 4 is 23.4 Å². The number of hydrogen-bond donors (Lipinski definition) is 1. The van der Waals surface area contributed by atoms with Gasteiger partial charge in [-0.05, 0) is 55.1 Å². The van der Waals surface area contributed by atoms with Crippen molar-refractivity contribution in [3.63, 3.8) is 0 Å². The van der Waals surface area contributed by atoms with Gasteiger partial charge in [-0.15, -0.1) is 0 Å². The molecule has 2 aliphatic rings. The van der Waals surface area contributed by atoms with Gasteiger partial charge in [0.25, 0.3) is 11.8 Å². The lowest BCUT2D eigenvalue weighted by atomic mass is 9.89. The first-order valence-corrected chi connectivity index (χ1v) is 12.2. The van der Waals surface area contributed by atoms with Gasteiger partial charge in [-0.2, -0.15) is 0 Å². The maximum atomic E-state index is 12.7. The summed E-state index contributed by atoms with van der Waals surface area (Å²) in [5.74, 6) is 0.695. The summed E-state index contributed by atoms with van der Waals surface area (Å²) in [5.41, 5.74) is 1.34. The van der Waals surface area contributed by atoms with Gasteiger partial charge in [0.15, 0.2) is 6.10 Å². The Balaban J connectivity index is 1.18. The van der Waals surface area contributed by atoms with Crippen molar-refractivity contribution in [3.8, 4) is 5.88 Å². The van der Waals surface area contributed by atoms with Crippen LogP contribution in [0.15, 0.2) is 42.5 Å². The Kier molecular flexibility index (Phi) is 7.43. The third kappa shape index (κ3) is 5.36. The highest BCUT2D eigenvalue weighted by Gasteiger charge is 2.54. The van der Waals surface area contributed by atoms with Gasteiger partial charge in [0.1, 0.15) is 5.15 Å². The zero-order chi connectivity index (χ0) is 24.3. The molecule has 2 amide bonds. The maximum absolute atomic E-state index is 12.7. The number of likely N-dealkylation sites (tertiary alicyclic amines) is 1. The minimum absolute atomic E-state index is 0.149. The smallest absolute Gasteiger partial charge is 0.256 e. The first kappa shape index (κ1) is 24.5. The van der Waals surface area contributed by atoms with Crippen molar-refractivity contribution < 1.29 is 19.4 Å². The molecule has 1 aromatic carbocycles. The molecule has 7 nitrogen and oxygen atoms in total. The molecule has 4 rings (SSSR count). The number of nitrogens with zero attached hydrogens (tertiary/aromatic N) is 3. The van der Waals surface area contributed by atoms with E-state index < -0.39 is 6.10 Å². The number of carbonyl (C=O) groups is 2. The normalized spacial score (nSPS) is 19.5. The molecule has 1 saturated carbocycles. The number of rotatable bonds is 8. The van der Waals surface area contributed by atoms with Crippen LogP contribution < -0.4 is 4.74 Å². The maximum Gasteiger partial charge on any atom is 0.256 e. The zero-order valence-corrected chi connectivity index (χ0v) is 20.5. The summed E-state index contributed by atoms with van der Waals surface area (Å²) in [6, 6.07) is 12.4. The average Bonchev–Trinajstić information content (AvgIpc) is 3.52. The SMILES string of the molecule is CN(C)C(=O)c1ccc(OCCCC2CC23CCN(C(=O)C(O)c2ccccc2)CC3)nc1Cl. The van der Waals surface area contributed by atoms with Crippen LogP contribution in [0.4, 0.5) is 0 Å². The van der Waals surface area contributed by atoms with Crippen LogP contribution in [0.1, 0.15) is 54.1 Å². The van der Waals surface area contributed by atoms with Gasteiger partial charge in [0, 0.05) is 33.3 Å². The predicted octanol–water partition coefficient (Wildman–Crippen LogP) is 3.96. The Morgan fingerprint density at radius 3 is 2.56 bits per heavy atom. The summed E-state index contributed by atoms with van der Waals surface area (Å²) in [7, 11) is 3.34. The molecule has 1 N–H and O–H groups in total. The number of ether oxygens (including phenoxy) is 1. The van der Waals surface area contributed by atoms with E-state index in [2.05, 4.69) is 4.98 Å². The lowest BCUT2D eigenvalue weighted by Gasteiger charge is -2.34. The molecule has 182 valence electrons. The minimum Gasteiger partial charge on any atom is -0.478 e. The molecule has 2 heterocycles. The summed E-state index contributed by atoms with van der Waals surface area (Å²) < 4.78 is 5.75.